The minimum Gasteiger partial charge on any atom is -0.456 e. The predicted molar refractivity (Wildman–Crippen MR) is 260 cm³/mol. The molecule has 292 valence electrons. The molecular formula is C58H39N3O. The Balaban J connectivity index is 0.905. The number of fused-ring (bicyclic) bond motifs is 7. The Kier molecular flexibility index (Phi) is 8.46. The normalized spacial score (nSPS) is 11.5. The second kappa shape index (κ2) is 14.7. The van der Waals surface area contributed by atoms with Crippen molar-refractivity contribution in [3.05, 3.63) is 237 Å². The van der Waals surface area contributed by atoms with E-state index in [0.717, 1.165) is 72.9 Å². The van der Waals surface area contributed by atoms with Crippen molar-refractivity contribution in [3.8, 4) is 16.8 Å². The molecule has 0 atom stereocenters. The fourth-order valence-electron chi connectivity index (χ4n) is 9.20. The maximum atomic E-state index is 6.37. The molecule has 4 heteroatoms. The molecule has 0 spiro atoms. The lowest BCUT2D eigenvalue weighted by atomic mass is 10.0. The van der Waals surface area contributed by atoms with Crippen LogP contribution >= 0.6 is 0 Å². The van der Waals surface area contributed by atoms with Gasteiger partial charge in [-0.3, -0.25) is 0 Å². The zero-order valence-electron chi connectivity index (χ0n) is 33.8. The largest absolute Gasteiger partial charge is 0.456 e. The molecule has 12 aromatic rings. The molecule has 0 N–H and O–H groups in total. The first-order chi connectivity index (χ1) is 30.7. The summed E-state index contributed by atoms with van der Waals surface area (Å²) in [6, 6.07) is 84.6. The van der Waals surface area contributed by atoms with Crippen molar-refractivity contribution in [2.24, 2.45) is 0 Å². The minimum absolute atomic E-state index is 0.882. The van der Waals surface area contributed by atoms with Crippen LogP contribution < -0.4 is 9.80 Å². The third kappa shape index (κ3) is 6.08. The van der Waals surface area contributed by atoms with Crippen molar-refractivity contribution in [2.75, 3.05) is 9.80 Å². The molecule has 0 fully saturated rings. The van der Waals surface area contributed by atoms with E-state index in [2.05, 4.69) is 251 Å². The average Bonchev–Trinajstić information content (AvgIpc) is 3.87. The van der Waals surface area contributed by atoms with Gasteiger partial charge in [-0.1, -0.05) is 127 Å². The van der Waals surface area contributed by atoms with Gasteiger partial charge in [0, 0.05) is 61.4 Å². The number of hydrogen-bond acceptors (Lipinski definition) is 3. The lowest BCUT2D eigenvalue weighted by Gasteiger charge is -2.26. The van der Waals surface area contributed by atoms with Crippen LogP contribution in [0.4, 0.5) is 34.1 Å². The molecule has 0 saturated carbocycles. The van der Waals surface area contributed by atoms with Crippen molar-refractivity contribution in [1.82, 2.24) is 4.57 Å². The van der Waals surface area contributed by atoms with Crippen LogP contribution in [0.1, 0.15) is 0 Å². The van der Waals surface area contributed by atoms with Gasteiger partial charge in [0.25, 0.3) is 0 Å². The smallest absolute Gasteiger partial charge is 0.136 e. The first kappa shape index (κ1) is 35.6. The first-order valence-electron chi connectivity index (χ1n) is 21.1. The molecule has 12 rings (SSSR count). The summed E-state index contributed by atoms with van der Waals surface area (Å²) < 4.78 is 8.75. The van der Waals surface area contributed by atoms with Gasteiger partial charge in [-0.15, -0.1) is 0 Å². The quantitative estimate of drug-likeness (QED) is 0.153. The number of para-hydroxylation sites is 4. The van der Waals surface area contributed by atoms with Gasteiger partial charge in [0.2, 0.25) is 0 Å². The topological polar surface area (TPSA) is 24.6 Å². The van der Waals surface area contributed by atoms with Crippen molar-refractivity contribution in [2.45, 2.75) is 0 Å². The van der Waals surface area contributed by atoms with Crippen LogP contribution in [0.2, 0.25) is 0 Å². The fraction of sp³-hybridized carbons (Fsp3) is 0. The standard InChI is InChI=1S/C58H39N3O/c1-4-16-44(17-5-1)59(49-33-35-57-54(38-49)53-36-42-14-10-11-15-43(42)37-58(53)62-57)47-28-24-40(25-29-47)41-26-30-48(31-27-41)60(45-18-6-2-7-19-45)50-32-34-52-51-22-12-13-23-55(51)61(56(52)39-50)46-20-8-3-9-21-46/h1-39H. The first-order valence-corrected chi connectivity index (χ1v) is 21.1. The number of anilines is 6. The van der Waals surface area contributed by atoms with Crippen LogP contribution in [-0.2, 0) is 0 Å². The summed E-state index contributed by atoms with van der Waals surface area (Å²) in [6.07, 6.45) is 0. The van der Waals surface area contributed by atoms with E-state index in [9.17, 15) is 0 Å². The number of benzene rings is 10. The molecule has 2 heterocycles. The van der Waals surface area contributed by atoms with E-state index >= 15 is 0 Å². The SMILES string of the molecule is c1ccc(N(c2ccc(-c3ccc(N(c4ccccc4)c4ccc5c6ccccc6n(-c6ccccc6)c5c4)cc3)cc2)c2ccc3oc4cc5ccccc5cc4c3c2)cc1. The number of hydrogen-bond donors (Lipinski definition) is 0. The minimum atomic E-state index is 0.882. The molecule has 0 amide bonds. The van der Waals surface area contributed by atoms with Gasteiger partial charge in [-0.2, -0.15) is 0 Å². The molecule has 0 bridgehead atoms. The highest BCUT2D eigenvalue weighted by Gasteiger charge is 2.19. The summed E-state index contributed by atoms with van der Waals surface area (Å²) in [6.45, 7) is 0. The van der Waals surface area contributed by atoms with Crippen LogP contribution in [0, 0.1) is 0 Å². The summed E-state index contributed by atoms with van der Waals surface area (Å²) in [4.78, 5) is 4.66. The zero-order chi connectivity index (χ0) is 41.0. The molecule has 0 radical (unpaired) electrons. The monoisotopic (exact) mass is 793 g/mol. The van der Waals surface area contributed by atoms with E-state index in [1.807, 2.05) is 0 Å². The van der Waals surface area contributed by atoms with Crippen LogP contribution in [-0.4, -0.2) is 4.57 Å². The molecule has 0 aliphatic heterocycles. The summed E-state index contributed by atoms with van der Waals surface area (Å²) in [5, 5.41) is 7.07. The van der Waals surface area contributed by atoms with Crippen molar-refractivity contribution in [1.29, 1.82) is 0 Å². The van der Waals surface area contributed by atoms with Gasteiger partial charge in [0.15, 0.2) is 0 Å². The summed E-state index contributed by atoms with van der Waals surface area (Å²) in [5.41, 5.74) is 14.1. The molecule has 0 aliphatic rings. The molecule has 4 nitrogen and oxygen atoms in total. The molecule has 62 heavy (non-hydrogen) atoms. The molecule has 0 aliphatic carbocycles. The van der Waals surface area contributed by atoms with Crippen LogP contribution in [0.15, 0.2) is 241 Å². The number of furan rings is 1. The van der Waals surface area contributed by atoms with Gasteiger partial charge >= 0.3 is 0 Å². The summed E-state index contributed by atoms with van der Waals surface area (Å²) in [7, 11) is 0. The Morgan fingerprint density at radius 2 is 0.758 bits per heavy atom. The van der Waals surface area contributed by atoms with Gasteiger partial charge < -0.3 is 18.8 Å². The highest BCUT2D eigenvalue weighted by atomic mass is 16.3. The Morgan fingerprint density at radius 1 is 0.290 bits per heavy atom. The molecule has 2 aromatic heterocycles. The molecule has 0 saturated heterocycles. The second-order valence-electron chi connectivity index (χ2n) is 15.8. The van der Waals surface area contributed by atoms with Gasteiger partial charge in [-0.25, -0.2) is 0 Å². The molecule has 0 unspecified atom stereocenters. The van der Waals surface area contributed by atoms with Gasteiger partial charge in [0.05, 0.1) is 11.0 Å². The number of aromatic nitrogens is 1. The van der Waals surface area contributed by atoms with Gasteiger partial charge in [-0.05, 0) is 131 Å². The second-order valence-corrected chi connectivity index (χ2v) is 15.8. The van der Waals surface area contributed by atoms with Crippen molar-refractivity contribution in [3.63, 3.8) is 0 Å². The lowest BCUT2D eigenvalue weighted by Crippen LogP contribution is -2.10. The maximum Gasteiger partial charge on any atom is 0.136 e. The third-order valence-corrected chi connectivity index (χ3v) is 12.1. The average molecular weight is 794 g/mol. The van der Waals surface area contributed by atoms with Crippen molar-refractivity contribution >= 4 is 88.6 Å². The van der Waals surface area contributed by atoms with Crippen LogP contribution in [0.3, 0.4) is 0 Å². The number of rotatable bonds is 8. The Hall–Kier alpha value is -8.34. The highest BCUT2D eigenvalue weighted by Crippen LogP contribution is 2.42. The number of nitrogens with zero attached hydrogens (tertiary/aromatic N) is 3. The third-order valence-electron chi connectivity index (χ3n) is 12.1. The Bertz CT molecular complexity index is 3560. The fourth-order valence-corrected chi connectivity index (χ4v) is 9.20. The van der Waals surface area contributed by atoms with E-state index in [1.54, 1.807) is 0 Å². The summed E-state index contributed by atoms with van der Waals surface area (Å²) in [5.74, 6) is 0. The Morgan fingerprint density at radius 3 is 1.40 bits per heavy atom. The van der Waals surface area contributed by atoms with Gasteiger partial charge in [0.1, 0.15) is 11.2 Å². The van der Waals surface area contributed by atoms with E-state index in [0.29, 0.717) is 0 Å². The van der Waals surface area contributed by atoms with E-state index in [4.69, 9.17) is 4.42 Å². The van der Waals surface area contributed by atoms with Crippen LogP contribution in [0.25, 0.3) is 71.3 Å². The predicted octanol–water partition coefficient (Wildman–Crippen LogP) is 16.4. The van der Waals surface area contributed by atoms with E-state index in [1.165, 1.54) is 32.6 Å². The Labute approximate surface area is 359 Å². The van der Waals surface area contributed by atoms with E-state index < -0.39 is 0 Å². The van der Waals surface area contributed by atoms with Crippen LogP contribution in [0.5, 0.6) is 0 Å². The maximum absolute atomic E-state index is 6.37. The van der Waals surface area contributed by atoms with Crippen molar-refractivity contribution < 1.29 is 4.42 Å². The lowest BCUT2D eigenvalue weighted by molar-refractivity contribution is 0.669. The molecular weight excluding hydrogens is 755 g/mol. The zero-order valence-corrected chi connectivity index (χ0v) is 33.8. The highest BCUT2D eigenvalue weighted by molar-refractivity contribution is 6.12. The molecule has 10 aromatic carbocycles. The van der Waals surface area contributed by atoms with E-state index in [-0.39, 0.29) is 0 Å². The summed E-state index contributed by atoms with van der Waals surface area (Å²) >= 11 is 0.